The minimum absolute atomic E-state index is 0.0749. The molecule has 15 nitrogen and oxygen atoms in total. The van der Waals surface area contributed by atoms with Crippen LogP contribution in [0.2, 0.25) is 0 Å². The largest absolute Gasteiger partial charge is 0.459 e. The third-order valence-electron chi connectivity index (χ3n) is 12.4. The molecular weight excluding hydrogens is 730 g/mol. The van der Waals surface area contributed by atoms with E-state index in [1.54, 1.807) is 41.5 Å². The molecule has 0 aromatic heterocycles. The number of carbonyl (C=O) groups excluding carboxylic acids is 2. The maximum atomic E-state index is 14.2. The molecule has 3 fully saturated rings. The van der Waals surface area contributed by atoms with E-state index >= 15 is 0 Å². The molecule has 328 valence electrons. The van der Waals surface area contributed by atoms with Gasteiger partial charge in [0.15, 0.2) is 12.6 Å². The van der Waals surface area contributed by atoms with Crippen LogP contribution in [0.4, 0.5) is 0 Å². The second kappa shape index (κ2) is 18.5. The summed E-state index contributed by atoms with van der Waals surface area (Å²) < 4.78 is 43.9. The van der Waals surface area contributed by atoms with Gasteiger partial charge in [0.05, 0.1) is 59.3 Å². The van der Waals surface area contributed by atoms with Crippen LogP contribution in [0.5, 0.6) is 0 Å². The quantitative estimate of drug-likeness (QED) is 0.224. The van der Waals surface area contributed by atoms with Crippen LogP contribution in [-0.4, -0.2) is 159 Å². The van der Waals surface area contributed by atoms with Gasteiger partial charge in [-0.05, 0) is 89.3 Å². The van der Waals surface area contributed by atoms with Gasteiger partial charge in [-0.15, -0.1) is 0 Å². The van der Waals surface area contributed by atoms with Gasteiger partial charge in [0.2, 0.25) is 0 Å². The number of hydrogen-bond donors (Lipinski definition) is 5. The van der Waals surface area contributed by atoms with E-state index in [-0.39, 0.29) is 19.3 Å². The number of hydrogen-bond acceptors (Lipinski definition) is 15. The summed E-state index contributed by atoms with van der Waals surface area (Å²) in [5.41, 5.74) is -5.50. The lowest BCUT2D eigenvalue weighted by Gasteiger charge is -2.51. The summed E-state index contributed by atoms with van der Waals surface area (Å²) >= 11 is 0. The number of likely N-dealkylation sites (N-methyl/N-ethyl adjacent to an activating group) is 1. The zero-order valence-electron chi connectivity index (χ0n) is 36.7. The average molecular weight is 806 g/mol. The first-order chi connectivity index (χ1) is 25.5. The van der Waals surface area contributed by atoms with Gasteiger partial charge < -0.3 is 63.6 Å². The Balaban J connectivity index is 2.21. The Morgan fingerprint density at radius 2 is 1.43 bits per heavy atom. The Morgan fingerprint density at radius 3 is 1.95 bits per heavy atom. The van der Waals surface area contributed by atoms with Gasteiger partial charge in [-0.25, -0.2) is 0 Å². The number of methoxy groups -OCH3 is 1. The first-order valence-corrected chi connectivity index (χ1v) is 20.3. The molecule has 0 spiro atoms. The predicted molar refractivity (Wildman–Crippen MR) is 206 cm³/mol. The Kier molecular flexibility index (Phi) is 16.2. The van der Waals surface area contributed by atoms with Crippen molar-refractivity contribution < 1.29 is 68.3 Å². The van der Waals surface area contributed by atoms with E-state index in [1.807, 2.05) is 46.7 Å². The van der Waals surface area contributed by atoms with Crippen molar-refractivity contribution in [1.29, 1.82) is 0 Å². The summed E-state index contributed by atoms with van der Waals surface area (Å²) in [4.78, 5) is 30.0. The molecule has 0 aromatic carbocycles. The maximum absolute atomic E-state index is 14.2. The highest BCUT2D eigenvalue weighted by Gasteiger charge is 2.55. The third kappa shape index (κ3) is 10.7. The molecule has 0 bridgehead atoms. The van der Waals surface area contributed by atoms with E-state index in [1.165, 1.54) is 27.9 Å². The zero-order chi connectivity index (χ0) is 43.0. The van der Waals surface area contributed by atoms with Crippen molar-refractivity contribution in [2.24, 2.45) is 23.7 Å². The van der Waals surface area contributed by atoms with Crippen LogP contribution >= 0.6 is 0 Å². The van der Waals surface area contributed by atoms with Crippen molar-refractivity contribution in [2.45, 2.75) is 205 Å². The molecule has 0 aliphatic carbocycles. The van der Waals surface area contributed by atoms with Crippen LogP contribution in [-0.2, 0) is 42.7 Å². The molecule has 0 aromatic rings. The third-order valence-corrected chi connectivity index (χ3v) is 12.4. The number of esters is 1. The fourth-order valence-corrected chi connectivity index (χ4v) is 9.04. The highest BCUT2D eigenvalue weighted by atomic mass is 16.7. The summed E-state index contributed by atoms with van der Waals surface area (Å²) in [7, 11) is 5.12. The molecule has 0 radical (unpaired) electrons. The van der Waals surface area contributed by atoms with Gasteiger partial charge in [0, 0.05) is 31.3 Å². The lowest BCUT2D eigenvalue weighted by atomic mass is 9.74. The molecule has 19 atom stereocenters. The highest BCUT2D eigenvalue weighted by Crippen LogP contribution is 2.41. The first-order valence-electron chi connectivity index (χ1n) is 20.3. The molecule has 0 unspecified atom stereocenters. The van der Waals surface area contributed by atoms with Crippen LogP contribution in [0.25, 0.3) is 0 Å². The number of Topliss-reactive ketones (excluding diaryl/α,β-unsaturated/α-hetero) is 1. The Morgan fingerprint density at radius 1 is 0.839 bits per heavy atom. The van der Waals surface area contributed by atoms with Gasteiger partial charge >= 0.3 is 5.97 Å². The summed E-state index contributed by atoms with van der Waals surface area (Å²) in [5, 5.41) is 58.5. The van der Waals surface area contributed by atoms with Crippen LogP contribution in [0.15, 0.2) is 0 Å². The van der Waals surface area contributed by atoms with E-state index in [0.29, 0.717) is 0 Å². The number of ether oxygens (including phenoxy) is 7. The number of aliphatic hydroxyl groups is 5. The zero-order valence-corrected chi connectivity index (χ0v) is 36.7. The minimum Gasteiger partial charge on any atom is -0.459 e. The van der Waals surface area contributed by atoms with Gasteiger partial charge in [-0.1, -0.05) is 27.7 Å². The minimum atomic E-state index is -2.01. The van der Waals surface area contributed by atoms with Gasteiger partial charge in [-0.3, -0.25) is 9.59 Å². The van der Waals surface area contributed by atoms with Crippen molar-refractivity contribution in [3.8, 4) is 0 Å². The molecule has 56 heavy (non-hydrogen) atoms. The van der Waals surface area contributed by atoms with Crippen molar-refractivity contribution in [1.82, 2.24) is 4.90 Å². The van der Waals surface area contributed by atoms with Crippen LogP contribution < -0.4 is 0 Å². The number of nitrogens with zero attached hydrogens (tertiary/aromatic N) is 1. The van der Waals surface area contributed by atoms with Gasteiger partial charge in [0.25, 0.3) is 0 Å². The lowest BCUT2D eigenvalue weighted by Crippen LogP contribution is -2.66. The molecular formula is C41H75NO14. The predicted octanol–water partition coefficient (Wildman–Crippen LogP) is 2.58. The smallest absolute Gasteiger partial charge is 0.311 e. The van der Waals surface area contributed by atoms with Gasteiger partial charge in [-0.2, -0.15) is 0 Å². The number of cyclic esters (lactones) is 1. The Bertz CT molecular complexity index is 1310. The van der Waals surface area contributed by atoms with Crippen LogP contribution in [0, 0.1) is 23.7 Å². The highest BCUT2D eigenvalue weighted by molar-refractivity contribution is 5.83. The number of aliphatic hydroxyl groups excluding tert-OH is 3. The molecule has 15 heteroatoms. The van der Waals surface area contributed by atoms with Crippen LogP contribution in [0.3, 0.4) is 0 Å². The summed E-state index contributed by atoms with van der Waals surface area (Å²) in [6, 6.07) is -0.598. The van der Waals surface area contributed by atoms with Crippen LogP contribution in [0.1, 0.15) is 109 Å². The first kappa shape index (κ1) is 49.0. The molecule has 3 rings (SSSR count). The number of ketones is 1. The second-order valence-electron chi connectivity index (χ2n) is 18.7. The van der Waals surface area contributed by atoms with Crippen molar-refractivity contribution in [3.63, 3.8) is 0 Å². The molecule has 5 N–H and O–H groups in total. The Labute approximate surface area is 334 Å². The normalized spacial score (nSPS) is 48.0. The summed E-state index contributed by atoms with van der Waals surface area (Å²) in [5.74, 6) is -5.15. The molecule has 3 saturated heterocycles. The average Bonchev–Trinajstić information content (AvgIpc) is 3.09. The Hall–Kier alpha value is -1.34. The fraction of sp³-hybridized carbons (Fsp3) is 0.951. The number of rotatable bonds is 8. The summed E-state index contributed by atoms with van der Waals surface area (Å²) in [6.07, 6.45) is -11.6. The molecule has 0 saturated carbocycles. The van der Waals surface area contributed by atoms with Gasteiger partial charge in [0.1, 0.15) is 35.8 Å². The van der Waals surface area contributed by atoms with E-state index in [9.17, 15) is 35.1 Å². The fourth-order valence-electron chi connectivity index (χ4n) is 9.04. The molecule has 3 aliphatic rings. The molecule has 3 aliphatic heterocycles. The van der Waals surface area contributed by atoms with Crippen molar-refractivity contribution >= 4 is 11.8 Å². The van der Waals surface area contributed by atoms with Crippen molar-refractivity contribution in [3.05, 3.63) is 0 Å². The molecule has 3 heterocycles. The van der Waals surface area contributed by atoms with E-state index in [4.69, 9.17) is 33.2 Å². The SMILES string of the molecule is CC[C@H]1OC(=O)[C@H](C)[C@@H](O[C@H]2C[C@@](C)(OC)[C@@H](O)[C@H](C)O2)[C@H](C)[C@@H](O[C@@H]2O[C@H](C)[C@@H](OC(C)(C)C)[C@H](N(C)C)[C@H]2O)[C@](C)(O)C[C@@H](C)C(=O)[C@H](C)[C@@H](O)[C@]1(C)O. The summed E-state index contributed by atoms with van der Waals surface area (Å²) in [6.45, 7) is 22.0. The maximum Gasteiger partial charge on any atom is 0.311 e. The lowest BCUT2D eigenvalue weighted by molar-refractivity contribution is -0.334. The topological polar surface area (TPSA) is 203 Å². The molecule has 0 amide bonds. The van der Waals surface area contributed by atoms with E-state index < -0.39 is 131 Å². The monoisotopic (exact) mass is 806 g/mol. The number of carbonyl (C=O) groups is 2. The van der Waals surface area contributed by atoms with E-state index in [2.05, 4.69) is 0 Å². The standard InChI is InChI=1S/C41H75NO14/c1-17-26-41(13,49)33(45)21(3)29(43)20(2)18-39(11,48)35(55-37-30(44)28(42(14)15)32(24(6)52-37)56-38(8,9)10)22(4)31(23(5)36(47)53-26)54-27-19-40(12,50-16)34(46)25(7)51-27/h20-28,30-35,37,44-46,48-49H,17-19H2,1-16H3/t20-,21+,22+,23-,24-,25+,26-,27+,28-,30-,31+,32-,33-,34+,35-,37+,39-,40-,41-/m1/s1. The van der Waals surface area contributed by atoms with Crippen molar-refractivity contribution in [2.75, 3.05) is 21.2 Å². The van der Waals surface area contributed by atoms with E-state index in [0.717, 1.165) is 0 Å². The second-order valence-corrected chi connectivity index (χ2v) is 18.7.